The number of pyridine rings is 1. The van der Waals surface area contributed by atoms with Gasteiger partial charge in [0.25, 0.3) is 0 Å². The van der Waals surface area contributed by atoms with Gasteiger partial charge in [0.15, 0.2) is 0 Å². The van der Waals surface area contributed by atoms with Crippen molar-refractivity contribution < 1.29 is 14.6 Å². The lowest BCUT2D eigenvalue weighted by Crippen LogP contribution is -2.29. The van der Waals surface area contributed by atoms with Crippen LogP contribution in [0.3, 0.4) is 0 Å². The van der Waals surface area contributed by atoms with Gasteiger partial charge in [-0.2, -0.15) is 0 Å². The average Bonchev–Trinajstić information content (AvgIpc) is 3.11. The lowest BCUT2D eigenvalue weighted by Gasteiger charge is -2.15. The van der Waals surface area contributed by atoms with Crippen LogP contribution in [0.4, 0.5) is 0 Å². The Hall–Kier alpha value is -2.86. The third-order valence-corrected chi connectivity index (χ3v) is 4.86. The molecule has 0 amide bonds. The Kier molecular flexibility index (Phi) is 6.88. The summed E-state index contributed by atoms with van der Waals surface area (Å²) in [5, 5.41) is 12.6. The van der Waals surface area contributed by atoms with Crippen molar-refractivity contribution in [3.8, 4) is 5.75 Å². The molecule has 29 heavy (non-hydrogen) atoms. The number of ether oxygens (including phenoxy) is 1. The first-order valence-corrected chi connectivity index (χ1v) is 10.0. The highest BCUT2D eigenvalue weighted by atomic mass is 16.5. The van der Waals surface area contributed by atoms with Gasteiger partial charge in [-0.1, -0.05) is 32.0 Å². The average molecular weight is 396 g/mol. The van der Waals surface area contributed by atoms with Gasteiger partial charge < -0.3 is 19.6 Å². The number of hydrogen-bond acceptors (Lipinski definition) is 4. The van der Waals surface area contributed by atoms with Crippen LogP contribution in [0.15, 0.2) is 48.8 Å². The third-order valence-electron chi connectivity index (χ3n) is 4.86. The second kappa shape index (κ2) is 9.56. The van der Waals surface area contributed by atoms with Gasteiger partial charge in [-0.25, -0.2) is 4.98 Å². The smallest absolute Gasteiger partial charge is 0.307 e. The number of aliphatic carboxylic acids is 1. The molecule has 0 radical (unpaired) electrons. The Labute approximate surface area is 171 Å². The summed E-state index contributed by atoms with van der Waals surface area (Å²) >= 11 is 0. The van der Waals surface area contributed by atoms with E-state index in [1.54, 1.807) is 0 Å². The minimum Gasteiger partial charge on any atom is -0.487 e. The van der Waals surface area contributed by atoms with Crippen LogP contribution in [0, 0.1) is 18.8 Å². The molecule has 3 rings (SSSR count). The fourth-order valence-electron chi connectivity index (χ4n) is 3.37. The number of aryl methyl sites for hydroxylation is 1. The van der Waals surface area contributed by atoms with E-state index >= 15 is 0 Å². The van der Waals surface area contributed by atoms with E-state index in [0.29, 0.717) is 32.0 Å². The van der Waals surface area contributed by atoms with Crippen LogP contribution < -0.4 is 10.1 Å². The van der Waals surface area contributed by atoms with E-state index in [2.05, 4.69) is 10.3 Å². The molecule has 1 atom stereocenters. The maximum absolute atomic E-state index is 11.3. The Balaban J connectivity index is 1.49. The van der Waals surface area contributed by atoms with Crippen molar-refractivity contribution in [3.63, 3.8) is 0 Å². The maximum Gasteiger partial charge on any atom is 0.307 e. The molecule has 0 bridgehead atoms. The van der Waals surface area contributed by atoms with E-state index in [0.717, 1.165) is 28.2 Å². The summed E-state index contributed by atoms with van der Waals surface area (Å²) in [7, 11) is 0. The maximum atomic E-state index is 11.3. The van der Waals surface area contributed by atoms with Gasteiger partial charge in [0.2, 0.25) is 0 Å². The highest BCUT2D eigenvalue weighted by Gasteiger charge is 2.18. The second-order valence-electron chi connectivity index (χ2n) is 7.88. The molecule has 6 nitrogen and oxygen atoms in total. The van der Waals surface area contributed by atoms with Crippen LogP contribution in [0.1, 0.15) is 37.1 Å². The highest BCUT2D eigenvalue weighted by Crippen LogP contribution is 2.16. The number of hydrogen-bond donors (Lipinski definition) is 2. The Morgan fingerprint density at radius 1 is 1.24 bits per heavy atom. The number of nitrogens with zero attached hydrogens (tertiary/aromatic N) is 2. The fourth-order valence-corrected chi connectivity index (χ4v) is 3.37. The standard InChI is InChI=1S/C23H29N3O3/c1-16(2)11-19(23(27)28)13-24-12-18-6-8-21(9-7-18)29-15-20-14-26-10-4-5-17(3)22(26)25-20/h4-10,14,16,19,24H,11-13,15H2,1-3H3,(H,27,28). The molecule has 0 saturated carbocycles. The molecule has 0 fully saturated rings. The lowest BCUT2D eigenvalue weighted by atomic mass is 9.97. The summed E-state index contributed by atoms with van der Waals surface area (Å²) in [5.41, 5.74) is 4.06. The number of imidazole rings is 1. The molecule has 0 spiro atoms. The summed E-state index contributed by atoms with van der Waals surface area (Å²) in [6.45, 7) is 7.65. The van der Waals surface area contributed by atoms with E-state index < -0.39 is 5.97 Å². The summed E-state index contributed by atoms with van der Waals surface area (Å²) in [4.78, 5) is 15.9. The van der Waals surface area contributed by atoms with E-state index in [1.165, 1.54) is 0 Å². The molecule has 2 N–H and O–H groups in total. The number of rotatable bonds is 10. The Bertz CT molecular complexity index is 948. The number of aromatic nitrogens is 2. The van der Waals surface area contributed by atoms with Gasteiger partial charge in [-0.05, 0) is 48.6 Å². The van der Waals surface area contributed by atoms with Gasteiger partial charge >= 0.3 is 5.97 Å². The van der Waals surface area contributed by atoms with Gasteiger partial charge in [0.05, 0.1) is 11.6 Å². The summed E-state index contributed by atoms with van der Waals surface area (Å²) in [6.07, 6.45) is 4.64. The molecule has 0 aliphatic carbocycles. The van der Waals surface area contributed by atoms with Crippen molar-refractivity contribution in [1.29, 1.82) is 0 Å². The fraction of sp³-hybridized carbons (Fsp3) is 0.391. The predicted molar refractivity (Wildman–Crippen MR) is 113 cm³/mol. The van der Waals surface area contributed by atoms with Gasteiger partial charge in [-0.3, -0.25) is 4.79 Å². The molecule has 0 aliphatic heterocycles. The number of carbonyl (C=O) groups is 1. The normalized spacial score (nSPS) is 12.4. The van der Waals surface area contributed by atoms with Crippen molar-refractivity contribution in [2.75, 3.05) is 6.54 Å². The minimum atomic E-state index is -0.739. The van der Waals surface area contributed by atoms with E-state index in [-0.39, 0.29) is 5.92 Å². The van der Waals surface area contributed by atoms with Crippen molar-refractivity contribution in [3.05, 3.63) is 65.6 Å². The molecule has 154 valence electrons. The molecule has 2 heterocycles. The third kappa shape index (κ3) is 5.81. The van der Waals surface area contributed by atoms with Crippen LogP contribution in [-0.4, -0.2) is 27.0 Å². The van der Waals surface area contributed by atoms with E-state index in [9.17, 15) is 9.90 Å². The van der Waals surface area contributed by atoms with E-state index in [4.69, 9.17) is 4.74 Å². The minimum absolute atomic E-state index is 0.355. The highest BCUT2D eigenvalue weighted by molar-refractivity contribution is 5.70. The zero-order chi connectivity index (χ0) is 20.8. The lowest BCUT2D eigenvalue weighted by molar-refractivity contribution is -0.142. The topological polar surface area (TPSA) is 75.9 Å². The zero-order valence-electron chi connectivity index (χ0n) is 17.3. The molecule has 0 aliphatic rings. The second-order valence-corrected chi connectivity index (χ2v) is 7.88. The van der Waals surface area contributed by atoms with Crippen LogP contribution in [-0.2, 0) is 17.9 Å². The largest absolute Gasteiger partial charge is 0.487 e. The molecule has 6 heteroatoms. The molecular weight excluding hydrogens is 366 g/mol. The summed E-state index contributed by atoms with van der Waals surface area (Å²) in [6, 6.07) is 11.9. The first-order valence-electron chi connectivity index (χ1n) is 10.0. The molecular formula is C23H29N3O3. The molecule has 1 aromatic carbocycles. The van der Waals surface area contributed by atoms with Crippen LogP contribution >= 0.6 is 0 Å². The summed E-state index contributed by atoms with van der Waals surface area (Å²) in [5.74, 6) is 0.0562. The predicted octanol–water partition coefficient (Wildman–Crippen LogP) is 4.06. The van der Waals surface area contributed by atoms with Gasteiger partial charge in [0.1, 0.15) is 18.0 Å². The first kappa shape index (κ1) is 20.9. The van der Waals surface area contributed by atoms with Crippen molar-refractivity contribution >= 4 is 11.6 Å². The van der Waals surface area contributed by atoms with Crippen LogP contribution in [0.5, 0.6) is 5.75 Å². The van der Waals surface area contributed by atoms with Gasteiger partial charge in [-0.15, -0.1) is 0 Å². The Morgan fingerprint density at radius 3 is 2.66 bits per heavy atom. The SMILES string of the molecule is Cc1cccn2cc(COc3ccc(CNCC(CC(C)C)C(=O)O)cc3)nc12. The van der Waals surface area contributed by atoms with E-state index in [1.807, 2.05) is 74.0 Å². The number of fused-ring (bicyclic) bond motifs is 1. The zero-order valence-corrected chi connectivity index (χ0v) is 17.3. The van der Waals surface area contributed by atoms with Crippen molar-refractivity contribution in [2.24, 2.45) is 11.8 Å². The summed E-state index contributed by atoms with van der Waals surface area (Å²) < 4.78 is 7.87. The van der Waals surface area contributed by atoms with Crippen LogP contribution in [0.2, 0.25) is 0 Å². The molecule has 0 saturated heterocycles. The van der Waals surface area contributed by atoms with Crippen LogP contribution in [0.25, 0.3) is 5.65 Å². The number of carboxylic acid groups (broad SMARTS) is 1. The Morgan fingerprint density at radius 2 is 2.00 bits per heavy atom. The van der Waals surface area contributed by atoms with Crippen molar-refractivity contribution in [1.82, 2.24) is 14.7 Å². The first-order chi connectivity index (χ1) is 13.9. The van der Waals surface area contributed by atoms with Gasteiger partial charge in [0, 0.05) is 25.5 Å². The number of carboxylic acids is 1. The van der Waals surface area contributed by atoms with Crippen molar-refractivity contribution in [2.45, 2.75) is 40.3 Å². The number of benzene rings is 1. The molecule has 2 aromatic heterocycles. The number of nitrogens with one attached hydrogen (secondary N) is 1. The molecule has 1 unspecified atom stereocenters. The molecule has 3 aromatic rings. The quantitative estimate of drug-likeness (QED) is 0.541. The monoisotopic (exact) mass is 395 g/mol.